The minimum absolute atomic E-state index is 0.110. The zero-order chi connectivity index (χ0) is 19.6. The van der Waals surface area contributed by atoms with Crippen LogP contribution in [-0.4, -0.2) is 18.6 Å². The fraction of sp³-hybridized carbons (Fsp3) is 0.158. The molecule has 0 aliphatic rings. The Morgan fingerprint density at radius 3 is 1.96 bits per heavy atom. The molecule has 27 heavy (non-hydrogen) atoms. The molecule has 0 unspecified atom stereocenters. The van der Waals surface area contributed by atoms with Gasteiger partial charge in [0.25, 0.3) is 10.0 Å². The average molecular weight is 386 g/mol. The van der Waals surface area contributed by atoms with Crippen molar-refractivity contribution in [3.8, 4) is 0 Å². The number of hydrogen-bond donors (Lipinski definition) is 2. The third kappa shape index (κ3) is 4.40. The molecule has 0 fully saturated rings. The van der Waals surface area contributed by atoms with E-state index in [0.29, 0.717) is 22.6 Å². The van der Waals surface area contributed by atoms with Crippen molar-refractivity contribution >= 4 is 27.3 Å². The Morgan fingerprint density at radius 2 is 1.41 bits per heavy atom. The SMILES string of the molecule is Cc1cc(C)c(S(=O)(=O)Nc2ccc(Nc3ccc(F)cc3)nn2)c(C)c1. The third-order valence-electron chi connectivity index (χ3n) is 3.89. The lowest BCUT2D eigenvalue weighted by Crippen LogP contribution is -2.17. The molecule has 0 saturated carbocycles. The molecule has 0 saturated heterocycles. The van der Waals surface area contributed by atoms with E-state index in [1.165, 1.54) is 18.2 Å². The molecule has 140 valence electrons. The Morgan fingerprint density at radius 1 is 0.852 bits per heavy atom. The van der Waals surface area contributed by atoms with Crippen LogP contribution in [0.25, 0.3) is 0 Å². The lowest BCUT2D eigenvalue weighted by Gasteiger charge is -2.13. The molecule has 2 aromatic carbocycles. The van der Waals surface area contributed by atoms with Crippen molar-refractivity contribution in [3.63, 3.8) is 0 Å². The van der Waals surface area contributed by atoms with Crippen LogP contribution in [0.3, 0.4) is 0 Å². The van der Waals surface area contributed by atoms with Crippen molar-refractivity contribution in [2.45, 2.75) is 25.7 Å². The highest BCUT2D eigenvalue weighted by molar-refractivity contribution is 7.92. The van der Waals surface area contributed by atoms with Crippen molar-refractivity contribution in [1.29, 1.82) is 0 Å². The second-order valence-electron chi connectivity index (χ2n) is 6.27. The molecule has 6 nitrogen and oxygen atoms in total. The summed E-state index contributed by atoms with van der Waals surface area (Å²) in [5.41, 5.74) is 2.98. The Hall–Kier alpha value is -3.00. The minimum Gasteiger partial charge on any atom is -0.339 e. The monoisotopic (exact) mass is 386 g/mol. The molecule has 8 heteroatoms. The number of hydrogen-bond acceptors (Lipinski definition) is 5. The first-order valence-electron chi connectivity index (χ1n) is 8.21. The summed E-state index contributed by atoms with van der Waals surface area (Å²) in [5.74, 6) is 0.185. The fourth-order valence-electron chi connectivity index (χ4n) is 2.91. The summed E-state index contributed by atoms with van der Waals surface area (Å²) in [5, 5.41) is 10.8. The van der Waals surface area contributed by atoms with Crippen LogP contribution < -0.4 is 10.0 Å². The maximum Gasteiger partial charge on any atom is 0.263 e. The highest BCUT2D eigenvalue weighted by Crippen LogP contribution is 2.24. The fourth-order valence-corrected chi connectivity index (χ4v) is 4.37. The van der Waals surface area contributed by atoms with Crippen molar-refractivity contribution in [1.82, 2.24) is 10.2 Å². The van der Waals surface area contributed by atoms with E-state index >= 15 is 0 Å². The van der Waals surface area contributed by atoms with Crippen LogP contribution in [0, 0.1) is 26.6 Å². The number of nitrogens with one attached hydrogen (secondary N) is 2. The lowest BCUT2D eigenvalue weighted by molar-refractivity contribution is 0.599. The molecule has 0 amide bonds. The van der Waals surface area contributed by atoms with Crippen molar-refractivity contribution in [3.05, 3.63) is 71.0 Å². The van der Waals surface area contributed by atoms with E-state index in [1.54, 1.807) is 32.0 Å². The Labute approximate surface area is 157 Å². The number of aromatic nitrogens is 2. The average Bonchev–Trinajstić information content (AvgIpc) is 2.57. The summed E-state index contributed by atoms with van der Waals surface area (Å²) >= 11 is 0. The summed E-state index contributed by atoms with van der Waals surface area (Å²) in [6.07, 6.45) is 0. The molecule has 0 radical (unpaired) electrons. The van der Waals surface area contributed by atoms with E-state index in [-0.39, 0.29) is 16.5 Å². The predicted molar refractivity (Wildman–Crippen MR) is 103 cm³/mol. The minimum atomic E-state index is -3.78. The number of halogens is 1. The van der Waals surface area contributed by atoms with Gasteiger partial charge in [0.15, 0.2) is 11.6 Å². The number of benzene rings is 2. The topological polar surface area (TPSA) is 84.0 Å². The lowest BCUT2D eigenvalue weighted by atomic mass is 10.1. The molecule has 0 aliphatic carbocycles. The molecule has 1 aromatic heterocycles. The van der Waals surface area contributed by atoms with Crippen LogP contribution in [0.4, 0.5) is 21.7 Å². The zero-order valence-corrected chi connectivity index (χ0v) is 15.9. The van der Waals surface area contributed by atoms with Gasteiger partial charge in [-0.1, -0.05) is 17.7 Å². The summed E-state index contributed by atoms with van der Waals surface area (Å²) in [4.78, 5) is 0.239. The molecule has 3 rings (SSSR count). The molecule has 0 bridgehead atoms. The van der Waals surface area contributed by atoms with Crippen LogP contribution in [0.2, 0.25) is 0 Å². The molecular weight excluding hydrogens is 367 g/mol. The second-order valence-corrected chi connectivity index (χ2v) is 7.89. The second kappa shape index (κ2) is 7.32. The summed E-state index contributed by atoms with van der Waals surface area (Å²) in [7, 11) is -3.78. The third-order valence-corrected chi connectivity index (χ3v) is 5.55. The van der Waals surface area contributed by atoms with Crippen LogP contribution in [0.1, 0.15) is 16.7 Å². The molecular formula is C19H19FN4O2S. The van der Waals surface area contributed by atoms with Crippen LogP contribution in [0.5, 0.6) is 0 Å². The van der Waals surface area contributed by atoms with E-state index in [4.69, 9.17) is 0 Å². The van der Waals surface area contributed by atoms with E-state index in [0.717, 1.165) is 5.56 Å². The largest absolute Gasteiger partial charge is 0.339 e. The van der Waals surface area contributed by atoms with Gasteiger partial charge in [0.05, 0.1) is 4.90 Å². The van der Waals surface area contributed by atoms with Gasteiger partial charge in [0, 0.05) is 5.69 Å². The smallest absolute Gasteiger partial charge is 0.263 e. The van der Waals surface area contributed by atoms with Crippen LogP contribution in [0.15, 0.2) is 53.4 Å². The van der Waals surface area contributed by atoms with E-state index in [2.05, 4.69) is 20.2 Å². The Bertz CT molecular complexity index is 1040. The van der Waals surface area contributed by atoms with Gasteiger partial charge < -0.3 is 5.32 Å². The van der Waals surface area contributed by atoms with Crippen LogP contribution in [-0.2, 0) is 10.0 Å². The quantitative estimate of drug-likeness (QED) is 0.690. The first-order chi connectivity index (χ1) is 12.7. The highest BCUT2D eigenvalue weighted by atomic mass is 32.2. The number of rotatable bonds is 5. The molecule has 0 aliphatic heterocycles. The standard InChI is InChI=1S/C19H19FN4O2S/c1-12-10-13(2)19(14(3)11-12)27(25,26)24-18-9-8-17(22-23-18)21-16-6-4-15(20)5-7-16/h4-11H,1-3H3,(H,21,22)(H,23,24). The van der Waals surface area contributed by atoms with Gasteiger partial charge in [0.1, 0.15) is 5.82 Å². The summed E-state index contributed by atoms with van der Waals surface area (Å²) in [6.45, 7) is 5.44. The Balaban J connectivity index is 1.79. The number of aryl methyl sites for hydroxylation is 3. The molecule has 0 atom stereocenters. The van der Waals surface area contributed by atoms with Gasteiger partial charge in [-0.2, -0.15) is 0 Å². The molecule has 1 heterocycles. The van der Waals surface area contributed by atoms with Gasteiger partial charge in [-0.05, 0) is 68.3 Å². The zero-order valence-electron chi connectivity index (χ0n) is 15.1. The van der Waals surface area contributed by atoms with Crippen molar-refractivity contribution < 1.29 is 12.8 Å². The number of nitrogens with zero attached hydrogens (tertiary/aromatic N) is 2. The summed E-state index contributed by atoms with van der Waals surface area (Å²) in [6, 6.07) is 12.5. The van der Waals surface area contributed by atoms with Gasteiger partial charge in [-0.3, -0.25) is 4.72 Å². The van der Waals surface area contributed by atoms with E-state index in [9.17, 15) is 12.8 Å². The molecule has 3 aromatic rings. The first kappa shape index (κ1) is 18.8. The first-order valence-corrected chi connectivity index (χ1v) is 9.70. The predicted octanol–water partition coefficient (Wildman–Crippen LogP) is 4.09. The van der Waals surface area contributed by atoms with Gasteiger partial charge in [-0.15, -0.1) is 10.2 Å². The van der Waals surface area contributed by atoms with E-state index in [1.807, 2.05) is 19.1 Å². The highest BCUT2D eigenvalue weighted by Gasteiger charge is 2.20. The van der Waals surface area contributed by atoms with Gasteiger partial charge in [0.2, 0.25) is 0 Å². The molecule has 2 N–H and O–H groups in total. The maximum atomic E-state index is 12.9. The van der Waals surface area contributed by atoms with Crippen LogP contribution >= 0.6 is 0 Å². The maximum absolute atomic E-state index is 12.9. The number of anilines is 3. The van der Waals surface area contributed by atoms with Gasteiger partial charge >= 0.3 is 0 Å². The van der Waals surface area contributed by atoms with Crippen molar-refractivity contribution in [2.75, 3.05) is 10.0 Å². The normalized spacial score (nSPS) is 11.3. The van der Waals surface area contributed by atoms with Crippen molar-refractivity contribution in [2.24, 2.45) is 0 Å². The van der Waals surface area contributed by atoms with Gasteiger partial charge in [-0.25, -0.2) is 12.8 Å². The van der Waals surface area contributed by atoms with E-state index < -0.39 is 10.0 Å². The summed E-state index contributed by atoms with van der Waals surface area (Å²) < 4.78 is 40.9. The number of sulfonamides is 1. The molecule has 0 spiro atoms. The Kier molecular flexibility index (Phi) is 5.09.